The second-order valence-electron chi connectivity index (χ2n) is 4.48. The van der Waals surface area contributed by atoms with Crippen LogP contribution in [0.25, 0.3) is 0 Å². The van der Waals surface area contributed by atoms with Gasteiger partial charge in [0.25, 0.3) is 0 Å². The minimum atomic E-state index is -0.350. The van der Waals surface area contributed by atoms with Gasteiger partial charge in [-0.3, -0.25) is 4.79 Å². The van der Waals surface area contributed by atoms with Crippen molar-refractivity contribution < 1.29 is 9.90 Å². The number of nitrogens with zero attached hydrogens (tertiary/aromatic N) is 1. The van der Waals surface area contributed by atoms with Crippen molar-refractivity contribution in [3.05, 3.63) is 0 Å². The van der Waals surface area contributed by atoms with Gasteiger partial charge in [0.05, 0.1) is 17.0 Å². The third-order valence-electron chi connectivity index (χ3n) is 3.22. The van der Waals surface area contributed by atoms with E-state index in [2.05, 4.69) is 0 Å². The van der Waals surface area contributed by atoms with E-state index in [-0.39, 0.29) is 28.8 Å². The smallest absolute Gasteiger partial charge is 0.232 e. The number of thiocarbonyl (C=S) groups is 1. The van der Waals surface area contributed by atoms with Gasteiger partial charge in [-0.2, -0.15) is 0 Å². The summed E-state index contributed by atoms with van der Waals surface area (Å²) in [6.07, 6.45) is 0.983. The van der Waals surface area contributed by atoms with Crippen molar-refractivity contribution in [1.82, 2.24) is 4.90 Å². The Hall–Kier alpha value is -0.680. The molecule has 1 aliphatic heterocycles. The lowest BCUT2D eigenvalue weighted by Crippen LogP contribution is -2.49. The molecule has 1 rings (SSSR count). The fraction of sp³-hybridized carbons (Fsp3) is 0.818. The van der Waals surface area contributed by atoms with Gasteiger partial charge in [0.2, 0.25) is 5.91 Å². The number of carbonyl (C=O) groups is 1. The van der Waals surface area contributed by atoms with Gasteiger partial charge < -0.3 is 15.7 Å². The van der Waals surface area contributed by atoms with E-state index in [1.165, 1.54) is 0 Å². The van der Waals surface area contributed by atoms with E-state index in [4.69, 9.17) is 18.0 Å². The minimum absolute atomic E-state index is 0.00810. The number of likely N-dealkylation sites (tertiary alicyclic amines) is 1. The Morgan fingerprint density at radius 2 is 2.31 bits per heavy atom. The molecule has 1 fully saturated rings. The van der Waals surface area contributed by atoms with Crippen LogP contribution >= 0.6 is 12.2 Å². The number of hydrogen-bond acceptors (Lipinski definition) is 3. The number of amides is 1. The average molecular weight is 244 g/mol. The number of aliphatic hydroxyl groups excluding tert-OH is 1. The molecule has 16 heavy (non-hydrogen) atoms. The number of nitrogens with two attached hydrogens (primary N) is 1. The maximum absolute atomic E-state index is 12.1. The molecule has 1 amide bonds. The van der Waals surface area contributed by atoms with Crippen LogP contribution in [0.15, 0.2) is 0 Å². The Labute approximate surface area is 102 Å². The Balaban J connectivity index is 2.64. The fourth-order valence-electron chi connectivity index (χ4n) is 2.05. The fourth-order valence-corrected chi connectivity index (χ4v) is 2.32. The molecule has 0 spiro atoms. The van der Waals surface area contributed by atoms with E-state index in [0.29, 0.717) is 25.9 Å². The molecule has 0 saturated carbocycles. The van der Waals surface area contributed by atoms with E-state index in [1.807, 2.05) is 13.8 Å². The van der Waals surface area contributed by atoms with Crippen LogP contribution in [-0.4, -0.2) is 40.1 Å². The molecule has 0 bridgehead atoms. The quantitative estimate of drug-likeness (QED) is 0.711. The van der Waals surface area contributed by atoms with E-state index >= 15 is 0 Å². The van der Waals surface area contributed by atoms with Crippen LogP contribution in [0.1, 0.15) is 26.7 Å². The van der Waals surface area contributed by atoms with Gasteiger partial charge in [-0.05, 0) is 18.8 Å². The number of rotatable bonds is 3. The Morgan fingerprint density at radius 3 is 2.75 bits per heavy atom. The molecular weight excluding hydrogens is 224 g/mol. The second kappa shape index (κ2) is 5.59. The SMILES string of the molecule is CCC(C(=O)N1CCC(O)C(C)C1)C(N)=S. The van der Waals surface area contributed by atoms with Crippen molar-refractivity contribution in [2.24, 2.45) is 17.6 Å². The Kier molecular flexibility index (Phi) is 4.68. The Bertz CT molecular complexity index is 283. The first-order chi connectivity index (χ1) is 7.47. The zero-order valence-electron chi connectivity index (χ0n) is 9.85. The Morgan fingerprint density at radius 1 is 1.69 bits per heavy atom. The van der Waals surface area contributed by atoms with Gasteiger partial charge in [-0.1, -0.05) is 26.1 Å². The van der Waals surface area contributed by atoms with Gasteiger partial charge in [0.15, 0.2) is 0 Å². The predicted octanol–water partition coefficient (Wildman–Crippen LogP) is 0.528. The molecule has 5 heteroatoms. The topological polar surface area (TPSA) is 66.6 Å². The number of piperidine rings is 1. The standard InChI is InChI=1S/C11H20N2O2S/c1-3-8(10(12)16)11(15)13-5-4-9(14)7(2)6-13/h7-9,14H,3-6H2,1-2H3,(H2,12,16). The van der Waals surface area contributed by atoms with Crippen molar-refractivity contribution in [1.29, 1.82) is 0 Å². The van der Waals surface area contributed by atoms with Crippen molar-refractivity contribution in [2.75, 3.05) is 13.1 Å². The highest BCUT2D eigenvalue weighted by molar-refractivity contribution is 7.80. The highest BCUT2D eigenvalue weighted by Gasteiger charge is 2.31. The van der Waals surface area contributed by atoms with Gasteiger partial charge in [0, 0.05) is 13.1 Å². The van der Waals surface area contributed by atoms with Crippen molar-refractivity contribution in [3.8, 4) is 0 Å². The van der Waals surface area contributed by atoms with Crippen LogP contribution in [0.2, 0.25) is 0 Å². The third kappa shape index (κ3) is 2.92. The van der Waals surface area contributed by atoms with Crippen LogP contribution in [0.5, 0.6) is 0 Å². The first-order valence-electron chi connectivity index (χ1n) is 5.73. The first kappa shape index (κ1) is 13.4. The molecule has 3 N–H and O–H groups in total. The zero-order valence-corrected chi connectivity index (χ0v) is 10.7. The van der Waals surface area contributed by atoms with E-state index in [9.17, 15) is 9.90 Å². The summed E-state index contributed by atoms with van der Waals surface area (Å²) in [6, 6.07) is 0. The van der Waals surface area contributed by atoms with Gasteiger partial charge in [-0.25, -0.2) is 0 Å². The maximum Gasteiger partial charge on any atom is 0.232 e. The lowest BCUT2D eigenvalue weighted by atomic mass is 9.95. The molecule has 0 aromatic rings. The van der Waals surface area contributed by atoms with Crippen molar-refractivity contribution in [2.45, 2.75) is 32.8 Å². The van der Waals surface area contributed by atoms with Crippen molar-refractivity contribution >= 4 is 23.1 Å². The van der Waals surface area contributed by atoms with Gasteiger partial charge >= 0.3 is 0 Å². The molecule has 4 nitrogen and oxygen atoms in total. The van der Waals surface area contributed by atoms with E-state index < -0.39 is 0 Å². The molecule has 3 atom stereocenters. The summed E-state index contributed by atoms with van der Waals surface area (Å²) >= 11 is 4.90. The summed E-state index contributed by atoms with van der Waals surface area (Å²) in [5.41, 5.74) is 5.55. The zero-order chi connectivity index (χ0) is 12.3. The van der Waals surface area contributed by atoms with Gasteiger partial charge in [0.1, 0.15) is 0 Å². The number of hydrogen-bond donors (Lipinski definition) is 2. The lowest BCUT2D eigenvalue weighted by molar-refractivity contribution is -0.136. The van der Waals surface area contributed by atoms with Gasteiger partial charge in [-0.15, -0.1) is 0 Å². The molecule has 0 aromatic heterocycles. The first-order valence-corrected chi connectivity index (χ1v) is 6.14. The van der Waals surface area contributed by atoms with E-state index in [0.717, 1.165) is 0 Å². The minimum Gasteiger partial charge on any atom is -0.393 e. The summed E-state index contributed by atoms with van der Waals surface area (Å²) in [4.78, 5) is 14.1. The number of aliphatic hydroxyl groups is 1. The molecule has 1 saturated heterocycles. The molecule has 0 radical (unpaired) electrons. The largest absolute Gasteiger partial charge is 0.393 e. The maximum atomic E-state index is 12.1. The normalized spacial score (nSPS) is 27.6. The highest BCUT2D eigenvalue weighted by atomic mass is 32.1. The summed E-state index contributed by atoms with van der Waals surface area (Å²) in [6.45, 7) is 5.05. The molecule has 0 aromatic carbocycles. The van der Waals surface area contributed by atoms with Crippen LogP contribution in [0, 0.1) is 11.8 Å². The lowest BCUT2D eigenvalue weighted by Gasteiger charge is -2.36. The monoisotopic (exact) mass is 244 g/mol. The van der Waals surface area contributed by atoms with Crippen LogP contribution in [-0.2, 0) is 4.79 Å². The van der Waals surface area contributed by atoms with Crippen LogP contribution < -0.4 is 5.73 Å². The summed E-state index contributed by atoms with van der Waals surface area (Å²) in [5, 5.41) is 9.59. The number of carbonyl (C=O) groups excluding carboxylic acids is 1. The molecule has 1 aliphatic rings. The summed E-state index contributed by atoms with van der Waals surface area (Å²) in [5.74, 6) is -0.215. The van der Waals surface area contributed by atoms with E-state index in [1.54, 1.807) is 4.90 Å². The molecule has 3 unspecified atom stereocenters. The average Bonchev–Trinajstić information content (AvgIpc) is 2.22. The molecular formula is C11H20N2O2S. The molecule has 1 heterocycles. The summed E-state index contributed by atoms with van der Waals surface area (Å²) in [7, 11) is 0. The summed E-state index contributed by atoms with van der Waals surface area (Å²) < 4.78 is 0. The van der Waals surface area contributed by atoms with Crippen LogP contribution in [0.4, 0.5) is 0 Å². The second-order valence-corrected chi connectivity index (χ2v) is 4.95. The molecule has 92 valence electrons. The third-order valence-corrected chi connectivity index (χ3v) is 3.51. The van der Waals surface area contributed by atoms with Crippen LogP contribution in [0.3, 0.4) is 0 Å². The highest BCUT2D eigenvalue weighted by Crippen LogP contribution is 2.19. The molecule has 0 aliphatic carbocycles. The van der Waals surface area contributed by atoms with Crippen molar-refractivity contribution in [3.63, 3.8) is 0 Å². The predicted molar refractivity (Wildman–Crippen MR) is 66.9 cm³/mol.